The molecular weight excluding hydrogens is 458 g/mol. The fraction of sp³-hybridized carbons (Fsp3) is 0.296. The Kier molecular flexibility index (Phi) is 6.36. The summed E-state index contributed by atoms with van der Waals surface area (Å²) in [6, 6.07) is 10.2. The number of piperidine rings is 1. The van der Waals surface area contributed by atoms with Gasteiger partial charge in [-0.1, -0.05) is 24.0 Å². The molecular formula is C27H25N5O4. The largest absolute Gasteiger partial charge is 0.480 e. The summed E-state index contributed by atoms with van der Waals surface area (Å²) >= 11 is 0. The first-order valence-corrected chi connectivity index (χ1v) is 11.9. The van der Waals surface area contributed by atoms with E-state index in [1.165, 1.54) is 4.90 Å². The standard InChI is InChI=1S/C27H25N5O4/c28-31-25(33)20-14-23(30-22-10-11-29-15-21(20)22)17-7-4-16(5-8-17)6-9-18-13-19(18)26(34)32-12-2-1-3-24(32)27(35)36/h4-5,7-8,10-11,14-15,18-19,24H,1-3,12-13,28H2,(H,31,33)(H,35,36). The zero-order valence-electron chi connectivity index (χ0n) is 19.5. The van der Waals surface area contributed by atoms with Crippen molar-refractivity contribution in [3.8, 4) is 23.1 Å². The highest BCUT2D eigenvalue weighted by atomic mass is 16.4. The molecule has 1 aliphatic heterocycles. The summed E-state index contributed by atoms with van der Waals surface area (Å²) < 4.78 is 0. The van der Waals surface area contributed by atoms with Gasteiger partial charge in [-0.2, -0.15) is 0 Å². The van der Waals surface area contributed by atoms with Crippen LogP contribution in [0.5, 0.6) is 0 Å². The van der Waals surface area contributed by atoms with E-state index in [1.807, 2.05) is 24.3 Å². The van der Waals surface area contributed by atoms with Gasteiger partial charge < -0.3 is 10.0 Å². The summed E-state index contributed by atoms with van der Waals surface area (Å²) in [6.45, 7) is 0.502. The Morgan fingerprint density at radius 2 is 1.94 bits per heavy atom. The Labute approximate surface area is 207 Å². The molecule has 1 aromatic carbocycles. The molecule has 182 valence electrons. The second-order valence-electron chi connectivity index (χ2n) is 9.10. The SMILES string of the molecule is NNC(=O)c1cc(-c2ccc(C#CC3CC3C(=O)N3CCCCC3C(=O)O)cc2)nc2ccncc12. The Balaban J connectivity index is 1.30. The number of carboxylic acid groups (broad SMARTS) is 1. The van der Waals surface area contributed by atoms with Gasteiger partial charge in [0.05, 0.1) is 22.7 Å². The van der Waals surface area contributed by atoms with Gasteiger partial charge in [0.25, 0.3) is 5.91 Å². The molecule has 2 aliphatic rings. The number of nitrogens with zero attached hydrogens (tertiary/aromatic N) is 3. The van der Waals surface area contributed by atoms with Gasteiger partial charge in [0, 0.05) is 41.4 Å². The lowest BCUT2D eigenvalue weighted by atomic mass is 10.0. The van der Waals surface area contributed by atoms with Crippen LogP contribution in [-0.2, 0) is 9.59 Å². The summed E-state index contributed by atoms with van der Waals surface area (Å²) in [6.07, 6.45) is 6.04. The predicted octanol–water partition coefficient (Wildman–Crippen LogP) is 2.35. The van der Waals surface area contributed by atoms with Gasteiger partial charge in [0.15, 0.2) is 0 Å². The van der Waals surface area contributed by atoms with Crippen LogP contribution >= 0.6 is 0 Å². The number of carboxylic acids is 1. The van der Waals surface area contributed by atoms with E-state index < -0.39 is 17.9 Å². The molecule has 2 fully saturated rings. The molecule has 9 heteroatoms. The fourth-order valence-electron chi connectivity index (χ4n) is 4.68. The molecule has 9 nitrogen and oxygen atoms in total. The molecule has 1 saturated heterocycles. The average molecular weight is 484 g/mol. The number of likely N-dealkylation sites (tertiary alicyclic amines) is 1. The second kappa shape index (κ2) is 9.76. The summed E-state index contributed by atoms with van der Waals surface area (Å²) in [7, 11) is 0. The lowest BCUT2D eigenvalue weighted by Crippen LogP contribution is -2.48. The lowest BCUT2D eigenvalue weighted by Gasteiger charge is -2.33. The van der Waals surface area contributed by atoms with E-state index >= 15 is 0 Å². The van der Waals surface area contributed by atoms with E-state index in [0.29, 0.717) is 41.5 Å². The number of benzene rings is 1. The molecule has 2 amide bonds. The minimum Gasteiger partial charge on any atom is -0.480 e. The quantitative estimate of drug-likeness (QED) is 0.224. The molecule has 1 saturated carbocycles. The van der Waals surface area contributed by atoms with Crippen molar-refractivity contribution in [2.45, 2.75) is 31.7 Å². The topological polar surface area (TPSA) is 139 Å². The highest BCUT2D eigenvalue weighted by Crippen LogP contribution is 2.40. The Morgan fingerprint density at radius 1 is 1.14 bits per heavy atom. The molecule has 3 atom stereocenters. The van der Waals surface area contributed by atoms with Crippen LogP contribution in [0.4, 0.5) is 0 Å². The van der Waals surface area contributed by atoms with E-state index in [1.54, 1.807) is 24.5 Å². The maximum atomic E-state index is 12.8. The number of nitrogens with two attached hydrogens (primary N) is 1. The first kappa shape index (κ1) is 23.5. The third kappa shape index (κ3) is 4.63. The van der Waals surface area contributed by atoms with E-state index in [4.69, 9.17) is 5.84 Å². The third-order valence-corrected chi connectivity index (χ3v) is 6.75. The number of carbonyl (C=O) groups excluding carboxylic acids is 2. The number of hydrogen-bond acceptors (Lipinski definition) is 6. The van der Waals surface area contributed by atoms with Crippen LogP contribution in [0.2, 0.25) is 0 Å². The molecule has 0 bridgehead atoms. The molecule has 3 unspecified atom stereocenters. The normalized spacial score (nSPS) is 20.8. The first-order chi connectivity index (χ1) is 17.5. The van der Waals surface area contributed by atoms with E-state index in [-0.39, 0.29) is 17.7 Å². The first-order valence-electron chi connectivity index (χ1n) is 11.9. The number of hydrogen-bond donors (Lipinski definition) is 3. The number of nitrogens with one attached hydrogen (secondary N) is 1. The molecule has 3 heterocycles. The fourth-order valence-corrected chi connectivity index (χ4v) is 4.68. The molecule has 36 heavy (non-hydrogen) atoms. The van der Waals surface area contributed by atoms with Crippen molar-refractivity contribution in [1.82, 2.24) is 20.3 Å². The molecule has 4 N–H and O–H groups in total. The maximum absolute atomic E-state index is 12.8. The third-order valence-electron chi connectivity index (χ3n) is 6.75. The van der Waals surface area contributed by atoms with Crippen LogP contribution in [0.1, 0.15) is 41.6 Å². The van der Waals surface area contributed by atoms with Gasteiger partial charge >= 0.3 is 5.97 Å². The number of aromatic nitrogens is 2. The number of carbonyl (C=O) groups is 3. The Bertz CT molecular complexity index is 1410. The van der Waals surface area contributed by atoms with Crippen LogP contribution < -0.4 is 11.3 Å². The van der Waals surface area contributed by atoms with Crippen molar-refractivity contribution in [1.29, 1.82) is 0 Å². The van der Waals surface area contributed by atoms with Crippen LogP contribution in [0.3, 0.4) is 0 Å². The number of amides is 2. The summed E-state index contributed by atoms with van der Waals surface area (Å²) in [5.74, 6) is 9.93. The van der Waals surface area contributed by atoms with Crippen molar-refractivity contribution in [2.75, 3.05) is 6.54 Å². The molecule has 0 radical (unpaired) electrons. The Hall–Kier alpha value is -4.29. The minimum absolute atomic E-state index is 0.0540. The predicted molar refractivity (Wildman–Crippen MR) is 132 cm³/mol. The number of hydrazine groups is 1. The molecule has 2 aromatic heterocycles. The summed E-state index contributed by atoms with van der Waals surface area (Å²) in [4.78, 5) is 46.9. The molecule has 5 rings (SSSR count). The van der Waals surface area contributed by atoms with Gasteiger partial charge in [-0.05, 0) is 49.9 Å². The maximum Gasteiger partial charge on any atom is 0.326 e. The van der Waals surface area contributed by atoms with Crippen LogP contribution in [-0.4, -0.2) is 50.3 Å². The average Bonchev–Trinajstić information content (AvgIpc) is 3.70. The monoisotopic (exact) mass is 483 g/mol. The van der Waals surface area contributed by atoms with Crippen molar-refractivity contribution >= 4 is 28.7 Å². The zero-order valence-corrected chi connectivity index (χ0v) is 19.5. The van der Waals surface area contributed by atoms with Gasteiger partial charge in [-0.15, -0.1) is 0 Å². The van der Waals surface area contributed by atoms with Crippen molar-refractivity contribution in [2.24, 2.45) is 17.7 Å². The number of pyridine rings is 2. The molecule has 1 aliphatic carbocycles. The van der Waals surface area contributed by atoms with Gasteiger partial charge in [-0.3, -0.25) is 20.0 Å². The smallest absolute Gasteiger partial charge is 0.326 e. The van der Waals surface area contributed by atoms with Gasteiger partial charge in [0.1, 0.15) is 6.04 Å². The Morgan fingerprint density at radius 3 is 2.69 bits per heavy atom. The number of fused-ring (bicyclic) bond motifs is 1. The van der Waals surface area contributed by atoms with Crippen LogP contribution in [0, 0.1) is 23.7 Å². The van der Waals surface area contributed by atoms with Crippen molar-refractivity contribution < 1.29 is 19.5 Å². The highest BCUT2D eigenvalue weighted by Gasteiger charge is 2.46. The van der Waals surface area contributed by atoms with Crippen molar-refractivity contribution in [3.05, 3.63) is 59.9 Å². The molecule has 3 aromatic rings. The highest BCUT2D eigenvalue weighted by molar-refractivity contribution is 6.06. The zero-order chi connectivity index (χ0) is 25.2. The second-order valence-corrected chi connectivity index (χ2v) is 9.10. The number of rotatable bonds is 4. The number of nitrogen functional groups attached to an aromatic ring is 1. The van der Waals surface area contributed by atoms with Crippen LogP contribution in [0.25, 0.3) is 22.2 Å². The van der Waals surface area contributed by atoms with Gasteiger partial charge in [-0.25, -0.2) is 15.6 Å². The number of aliphatic carboxylic acids is 1. The van der Waals surface area contributed by atoms with E-state index in [9.17, 15) is 19.5 Å². The van der Waals surface area contributed by atoms with Crippen LogP contribution in [0.15, 0.2) is 48.8 Å². The van der Waals surface area contributed by atoms with E-state index in [2.05, 4.69) is 27.2 Å². The van der Waals surface area contributed by atoms with E-state index in [0.717, 1.165) is 24.0 Å². The summed E-state index contributed by atoms with van der Waals surface area (Å²) in [5, 5.41) is 10.0. The van der Waals surface area contributed by atoms with Crippen molar-refractivity contribution in [3.63, 3.8) is 0 Å². The minimum atomic E-state index is -0.931. The summed E-state index contributed by atoms with van der Waals surface area (Å²) in [5.41, 5.74) is 5.41. The molecule has 0 spiro atoms. The lowest BCUT2D eigenvalue weighted by molar-refractivity contribution is -0.152. The van der Waals surface area contributed by atoms with Gasteiger partial charge in [0.2, 0.25) is 5.91 Å².